The molecule has 0 unspecified atom stereocenters. The van der Waals surface area contributed by atoms with Gasteiger partial charge in [0, 0.05) is 31.7 Å². The Morgan fingerprint density at radius 3 is 2.61 bits per heavy atom. The molecule has 4 rings (SSSR count). The monoisotopic (exact) mass is 383 g/mol. The lowest BCUT2D eigenvalue weighted by atomic mass is 9.94. The van der Waals surface area contributed by atoms with Crippen LogP contribution in [0.25, 0.3) is 11.4 Å². The first-order valence-corrected chi connectivity index (χ1v) is 10.2. The summed E-state index contributed by atoms with van der Waals surface area (Å²) in [5.41, 5.74) is 1.01. The summed E-state index contributed by atoms with van der Waals surface area (Å²) in [5, 5.41) is 4.67. The maximum absolute atomic E-state index is 13.2. The zero-order chi connectivity index (χ0) is 19.5. The van der Waals surface area contributed by atoms with Crippen LogP contribution >= 0.6 is 0 Å². The molecule has 0 saturated carbocycles. The van der Waals surface area contributed by atoms with Crippen LogP contribution in [0.1, 0.15) is 31.6 Å². The average Bonchev–Trinajstić information content (AvgIpc) is 3.18. The van der Waals surface area contributed by atoms with E-state index in [1.165, 1.54) is 0 Å². The molecule has 1 amide bonds. The average molecular weight is 383 g/mol. The summed E-state index contributed by atoms with van der Waals surface area (Å²) in [4.78, 5) is 22.4. The van der Waals surface area contributed by atoms with Gasteiger partial charge in [-0.3, -0.25) is 4.79 Å². The fourth-order valence-electron chi connectivity index (χ4n) is 4.23. The van der Waals surface area contributed by atoms with E-state index in [4.69, 9.17) is 9.72 Å². The van der Waals surface area contributed by atoms with Crippen LogP contribution in [0.2, 0.25) is 0 Å². The number of fused-ring (bicyclic) bond motifs is 1. The molecule has 0 spiro atoms. The minimum atomic E-state index is -0.0438. The van der Waals surface area contributed by atoms with E-state index >= 15 is 0 Å². The van der Waals surface area contributed by atoms with Crippen LogP contribution in [0, 0.1) is 5.92 Å². The number of piperidine rings is 1. The Labute approximate surface area is 166 Å². The molecule has 1 saturated heterocycles. The molecule has 0 radical (unpaired) electrons. The van der Waals surface area contributed by atoms with Gasteiger partial charge in [0.15, 0.2) is 5.82 Å². The van der Waals surface area contributed by atoms with E-state index < -0.39 is 0 Å². The van der Waals surface area contributed by atoms with Crippen molar-refractivity contribution in [2.75, 3.05) is 39.9 Å². The molecule has 2 aromatic rings. The molecule has 7 heteroatoms. The van der Waals surface area contributed by atoms with Crippen molar-refractivity contribution < 1.29 is 9.53 Å². The third-order valence-electron chi connectivity index (χ3n) is 5.96. The maximum Gasteiger partial charge on any atom is 0.226 e. The highest BCUT2D eigenvalue weighted by Gasteiger charge is 2.35. The number of carbonyl (C=O) groups excluding carboxylic acids is 1. The molecule has 1 aromatic heterocycles. The van der Waals surface area contributed by atoms with Crippen LogP contribution < -0.4 is 0 Å². The van der Waals surface area contributed by atoms with E-state index in [1.54, 1.807) is 7.11 Å². The molecule has 28 heavy (non-hydrogen) atoms. The van der Waals surface area contributed by atoms with Gasteiger partial charge in [0.1, 0.15) is 5.82 Å². The van der Waals surface area contributed by atoms with Crippen molar-refractivity contribution in [1.29, 1.82) is 0 Å². The molecule has 0 aliphatic carbocycles. The molecule has 2 aliphatic rings. The Morgan fingerprint density at radius 2 is 1.89 bits per heavy atom. The lowest BCUT2D eigenvalue weighted by Gasteiger charge is -2.38. The maximum atomic E-state index is 13.2. The number of likely N-dealkylation sites (tertiary alicyclic amines) is 1. The second-order valence-electron chi connectivity index (χ2n) is 7.70. The normalized spacial score (nSPS) is 20.9. The van der Waals surface area contributed by atoms with Crippen LogP contribution in [0.4, 0.5) is 0 Å². The number of aromatic nitrogens is 3. The summed E-state index contributed by atoms with van der Waals surface area (Å²) in [6, 6.07) is 9.97. The number of rotatable bonds is 5. The van der Waals surface area contributed by atoms with Crippen LogP contribution in [0.3, 0.4) is 0 Å². The highest BCUT2D eigenvalue weighted by atomic mass is 16.5. The number of carbonyl (C=O) groups is 1. The molecule has 7 nitrogen and oxygen atoms in total. The SMILES string of the molecule is COCCN1CCC(C(=O)N2CCn3nc(-c4ccccc4)nc3[C@@H]2C)CC1. The summed E-state index contributed by atoms with van der Waals surface area (Å²) in [7, 11) is 1.73. The molecule has 1 fully saturated rings. The summed E-state index contributed by atoms with van der Waals surface area (Å²) < 4.78 is 7.13. The Bertz CT molecular complexity index is 798. The molecule has 1 atom stereocenters. The molecule has 0 bridgehead atoms. The first kappa shape index (κ1) is 19.1. The van der Waals surface area contributed by atoms with Gasteiger partial charge >= 0.3 is 0 Å². The Morgan fingerprint density at radius 1 is 1.14 bits per heavy atom. The van der Waals surface area contributed by atoms with Gasteiger partial charge in [-0.25, -0.2) is 9.67 Å². The Hall–Kier alpha value is -2.25. The first-order valence-electron chi connectivity index (χ1n) is 10.2. The minimum absolute atomic E-state index is 0.0438. The topological polar surface area (TPSA) is 63.5 Å². The van der Waals surface area contributed by atoms with Gasteiger partial charge < -0.3 is 14.5 Å². The van der Waals surface area contributed by atoms with E-state index in [9.17, 15) is 4.79 Å². The van der Waals surface area contributed by atoms with Gasteiger partial charge in [0.25, 0.3) is 0 Å². The predicted molar refractivity (Wildman–Crippen MR) is 107 cm³/mol. The molecule has 3 heterocycles. The molecule has 2 aliphatic heterocycles. The number of nitrogens with zero attached hydrogens (tertiary/aromatic N) is 5. The van der Waals surface area contributed by atoms with E-state index in [1.807, 2.05) is 39.9 Å². The van der Waals surface area contributed by atoms with Gasteiger partial charge in [0.05, 0.1) is 19.2 Å². The third-order valence-corrected chi connectivity index (χ3v) is 5.96. The van der Waals surface area contributed by atoms with Crippen molar-refractivity contribution in [2.45, 2.75) is 32.4 Å². The van der Waals surface area contributed by atoms with E-state index in [0.717, 1.165) is 56.3 Å². The van der Waals surface area contributed by atoms with Gasteiger partial charge in [-0.15, -0.1) is 0 Å². The first-order chi connectivity index (χ1) is 13.7. The molecule has 0 N–H and O–H groups in total. The predicted octanol–water partition coefficient (Wildman–Crippen LogP) is 2.21. The van der Waals surface area contributed by atoms with Gasteiger partial charge in [0.2, 0.25) is 5.91 Å². The van der Waals surface area contributed by atoms with Gasteiger partial charge in [-0.1, -0.05) is 30.3 Å². The van der Waals surface area contributed by atoms with Crippen molar-refractivity contribution in [3.8, 4) is 11.4 Å². The smallest absolute Gasteiger partial charge is 0.226 e. The standard InChI is InChI=1S/C21H29N5O2/c1-16-20-22-19(17-6-4-3-5-7-17)23-26(20)13-12-25(16)21(27)18-8-10-24(11-9-18)14-15-28-2/h3-7,16,18H,8-15H2,1-2H3/t16-/m0/s1. The van der Waals surface area contributed by atoms with Gasteiger partial charge in [-0.2, -0.15) is 5.10 Å². The number of amides is 1. The molecular weight excluding hydrogens is 354 g/mol. The summed E-state index contributed by atoms with van der Waals surface area (Å²) in [6.07, 6.45) is 1.85. The van der Waals surface area contributed by atoms with E-state index in [-0.39, 0.29) is 17.9 Å². The zero-order valence-electron chi connectivity index (χ0n) is 16.8. The summed E-state index contributed by atoms with van der Waals surface area (Å²) in [6.45, 7) is 7.11. The quantitative estimate of drug-likeness (QED) is 0.792. The third kappa shape index (κ3) is 3.82. The number of methoxy groups -OCH3 is 1. The minimum Gasteiger partial charge on any atom is -0.383 e. The number of hydrogen-bond acceptors (Lipinski definition) is 5. The Kier molecular flexibility index (Phi) is 5.73. The molecular formula is C21H29N5O2. The van der Waals surface area contributed by atoms with Gasteiger partial charge in [-0.05, 0) is 32.9 Å². The summed E-state index contributed by atoms with van der Waals surface area (Å²) in [5.74, 6) is 2.01. The van der Waals surface area contributed by atoms with E-state index in [2.05, 4.69) is 16.9 Å². The van der Waals surface area contributed by atoms with Crippen molar-refractivity contribution >= 4 is 5.91 Å². The van der Waals surface area contributed by atoms with Crippen LogP contribution in [0.5, 0.6) is 0 Å². The fourth-order valence-corrected chi connectivity index (χ4v) is 4.23. The number of benzene rings is 1. The number of ether oxygens (including phenoxy) is 1. The lowest BCUT2D eigenvalue weighted by Crippen LogP contribution is -2.47. The second-order valence-corrected chi connectivity index (χ2v) is 7.70. The highest BCUT2D eigenvalue weighted by Crippen LogP contribution is 2.29. The van der Waals surface area contributed by atoms with Crippen molar-refractivity contribution in [1.82, 2.24) is 24.6 Å². The Balaban J connectivity index is 1.42. The second kappa shape index (κ2) is 8.41. The number of hydrogen-bond donors (Lipinski definition) is 0. The molecule has 1 aromatic carbocycles. The summed E-state index contributed by atoms with van der Waals surface area (Å²) >= 11 is 0. The van der Waals surface area contributed by atoms with E-state index in [0.29, 0.717) is 13.1 Å². The highest BCUT2D eigenvalue weighted by molar-refractivity contribution is 5.79. The fraction of sp³-hybridized carbons (Fsp3) is 0.571. The largest absolute Gasteiger partial charge is 0.383 e. The molecule has 150 valence electrons. The van der Waals surface area contributed by atoms with Crippen LogP contribution in [-0.2, 0) is 16.1 Å². The van der Waals surface area contributed by atoms with Crippen molar-refractivity contribution in [3.63, 3.8) is 0 Å². The zero-order valence-corrected chi connectivity index (χ0v) is 16.8. The van der Waals surface area contributed by atoms with Crippen LogP contribution in [-0.4, -0.2) is 70.4 Å². The lowest BCUT2D eigenvalue weighted by molar-refractivity contribution is -0.140. The van der Waals surface area contributed by atoms with Crippen molar-refractivity contribution in [3.05, 3.63) is 36.2 Å². The van der Waals surface area contributed by atoms with Crippen molar-refractivity contribution in [2.24, 2.45) is 5.92 Å². The van der Waals surface area contributed by atoms with Crippen LogP contribution in [0.15, 0.2) is 30.3 Å².